The number of rotatable bonds is 5. The molecule has 0 saturated carbocycles. The minimum absolute atomic E-state index is 0.0298. The van der Waals surface area contributed by atoms with Crippen molar-refractivity contribution >= 4 is 17.5 Å². The molecule has 0 atom stereocenters. The Balaban J connectivity index is 1.67. The van der Waals surface area contributed by atoms with Gasteiger partial charge in [0.05, 0.1) is 5.56 Å². The molecule has 7 nitrogen and oxygen atoms in total. The van der Waals surface area contributed by atoms with E-state index in [1.807, 2.05) is 30.3 Å². The maximum absolute atomic E-state index is 13.2. The Hall–Kier alpha value is -4.39. The molecule has 1 aromatic heterocycles. The predicted octanol–water partition coefficient (Wildman–Crippen LogP) is 4.52. The molecule has 0 fully saturated rings. The van der Waals surface area contributed by atoms with Crippen molar-refractivity contribution < 1.29 is 14.3 Å². The van der Waals surface area contributed by atoms with Crippen molar-refractivity contribution in [3.63, 3.8) is 0 Å². The highest BCUT2D eigenvalue weighted by Crippen LogP contribution is 2.30. The number of nitrogens with one attached hydrogen (secondary N) is 3. The summed E-state index contributed by atoms with van der Waals surface area (Å²) in [4.78, 5) is 27.9. The Labute approximate surface area is 198 Å². The van der Waals surface area contributed by atoms with Crippen molar-refractivity contribution in [1.29, 1.82) is 0 Å². The Bertz CT molecular complexity index is 1380. The van der Waals surface area contributed by atoms with Gasteiger partial charge in [-0.2, -0.15) is 0 Å². The Kier molecular flexibility index (Phi) is 6.19. The fourth-order valence-corrected chi connectivity index (χ4v) is 4.17. The Morgan fingerprint density at radius 3 is 2.21 bits per heavy atom. The van der Waals surface area contributed by atoms with Gasteiger partial charge in [-0.3, -0.25) is 9.59 Å². The van der Waals surface area contributed by atoms with E-state index in [0.29, 0.717) is 27.2 Å². The first-order valence-corrected chi connectivity index (χ1v) is 10.9. The van der Waals surface area contributed by atoms with Crippen molar-refractivity contribution in [1.82, 2.24) is 10.3 Å². The van der Waals surface area contributed by atoms with Gasteiger partial charge in [0.25, 0.3) is 17.6 Å². The van der Waals surface area contributed by atoms with E-state index in [2.05, 4.69) is 41.6 Å². The average Bonchev–Trinajstić information content (AvgIpc) is 3.12. The third-order valence-electron chi connectivity index (χ3n) is 5.80. The molecule has 0 aliphatic rings. The van der Waals surface area contributed by atoms with Crippen LogP contribution in [-0.2, 0) is 0 Å². The lowest BCUT2D eigenvalue weighted by Crippen LogP contribution is -2.36. The highest BCUT2D eigenvalue weighted by Gasteiger charge is 2.25. The number of H-pyrrole nitrogens is 1. The summed E-state index contributed by atoms with van der Waals surface area (Å²) in [6, 6.07) is 20.4. The normalized spacial score (nSPS) is 10.7. The molecule has 3 aromatic carbocycles. The van der Waals surface area contributed by atoms with Gasteiger partial charge in [0, 0.05) is 25.2 Å². The van der Waals surface area contributed by atoms with Gasteiger partial charge < -0.3 is 15.8 Å². The van der Waals surface area contributed by atoms with Gasteiger partial charge in [0.1, 0.15) is 0 Å². The van der Waals surface area contributed by atoms with Crippen molar-refractivity contribution in [2.24, 2.45) is 0 Å². The Morgan fingerprint density at radius 1 is 0.853 bits per heavy atom. The van der Waals surface area contributed by atoms with Crippen LogP contribution >= 0.6 is 0 Å². The number of carbonyl (C=O) groups excluding carboxylic acids is 2. The zero-order valence-electron chi connectivity index (χ0n) is 19.5. The number of hydrogen-bond acceptors (Lipinski definition) is 3. The van der Waals surface area contributed by atoms with Crippen LogP contribution < -0.4 is 15.4 Å². The third-order valence-corrected chi connectivity index (χ3v) is 5.80. The predicted molar refractivity (Wildman–Crippen MR) is 133 cm³/mol. The molecule has 2 amide bonds. The number of carbonyl (C=O) groups is 2. The largest absolute Gasteiger partial charge is 0.710 e. The summed E-state index contributed by atoms with van der Waals surface area (Å²) in [7, 11) is 1.54. The first-order chi connectivity index (χ1) is 16.3. The Morgan fingerprint density at radius 2 is 1.50 bits per heavy atom. The van der Waals surface area contributed by atoms with Crippen molar-refractivity contribution in [2.45, 2.75) is 20.8 Å². The zero-order valence-corrected chi connectivity index (χ0v) is 19.5. The van der Waals surface area contributed by atoms with E-state index < -0.39 is 5.91 Å². The first kappa shape index (κ1) is 22.8. The number of benzene rings is 3. The molecule has 0 unspecified atom stereocenters. The second kappa shape index (κ2) is 9.23. The van der Waals surface area contributed by atoms with E-state index in [1.54, 1.807) is 31.2 Å². The molecule has 0 bridgehead atoms. The molecule has 7 heteroatoms. The first-order valence-electron chi connectivity index (χ1n) is 10.9. The van der Waals surface area contributed by atoms with Crippen molar-refractivity contribution in [2.75, 3.05) is 12.4 Å². The maximum Gasteiger partial charge on any atom is 0.300 e. The van der Waals surface area contributed by atoms with Gasteiger partial charge in [0.15, 0.2) is 5.69 Å². The highest BCUT2D eigenvalue weighted by atomic mass is 16.5. The lowest BCUT2D eigenvalue weighted by atomic mass is 9.94. The highest BCUT2D eigenvalue weighted by molar-refractivity contribution is 6.04. The quantitative estimate of drug-likeness (QED) is 0.305. The van der Waals surface area contributed by atoms with E-state index in [0.717, 1.165) is 22.3 Å². The molecular formula is C27H26N4O3. The lowest BCUT2D eigenvalue weighted by molar-refractivity contribution is -0.594. The van der Waals surface area contributed by atoms with Crippen LogP contribution in [0.25, 0.3) is 22.5 Å². The molecule has 0 spiro atoms. The summed E-state index contributed by atoms with van der Waals surface area (Å²) in [5.74, 6) is -0.538. The number of hydrogen-bond donors (Lipinski definition) is 3. The molecular weight excluding hydrogens is 428 g/mol. The van der Waals surface area contributed by atoms with E-state index >= 15 is 0 Å². The molecule has 0 radical (unpaired) electrons. The molecule has 0 aliphatic heterocycles. The van der Waals surface area contributed by atoms with Crippen LogP contribution in [0.1, 0.15) is 37.7 Å². The number of aromatic nitrogens is 2. The van der Waals surface area contributed by atoms with Crippen LogP contribution in [0, 0.1) is 26.0 Å². The van der Waals surface area contributed by atoms with E-state index in [1.165, 1.54) is 7.05 Å². The topological polar surface area (TPSA) is 101 Å². The molecule has 4 aromatic rings. The number of anilines is 1. The number of imidazole rings is 1. The van der Waals surface area contributed by atoms with Gasteiger partial charge in [-0.25, -0.2) is 9.71 Å². The van der Waals surface area contributed by atoms with Gasteiger partial charge in [0.2, 0.25) is 5.69 Å². The molecule has 172 valence electrons. The average molecular weight is 455 g/mol. The number of aryl methyl sites for hydroxylation is 3. The van der Waals surface area contributed by atoms with Crippen molar-refractivity contribution in [3.05, 3.63) is 100 Å². The van der Waals surface area contributed by atoms with Crippen LogP contribution in [0.4, 0.5) is 5.69 Å². The second-order valence-corrected chi connectivity index (χ2v) is 8.20. The van der Waals surface area contributed by atoms with Crippen LogP contribution in [0.5, 0.6) is 0 Å². The van der Waals surface area contributed by atoms with Crippen LogP contribution in [-0.4, -0.2) is 23.8 Å². The summed E-state index contributed by atoms with van der Waals surface area (Å²) in [5.41, 5.74) is 6.34. The number of aromatic amines is 1. The van der Waals surface area contributed by atoms with E-state index in [-0.39, 0.29) is 17.4 Å². The molecule has 0 saturated heterocycles. The number of amides is 2. The van der Waals surface area contributed by atoms with Crippen LogP contribution in [0.3, 0.4) is 0 Å². The van der Waals surface area contributed by atoms with Gasteiger partial charge in [-0.15, -0.1) is 0 Å². The minimum Gasteiger partial charge on any atom is -0.710 e. The summed E-state index contributed by atoms with van der Waals surface area (Å²) in [6.07, 6.45) is 0. The summed E-state index contributed by atoms with van der Waals surface area (Å²) < 4.78 is 0.622. The second-order valence-electron chi connectivity index (χ2n) is 8.20. The lowest BCUT2D eigenvalue weighted by Gasteiger charge is -2.11. The van der Waals surface area contributed by atoms with E-state index in [9.17, 15) is 14.8 Å². The van der Waals surface area contributed by atoms with E-state index in [4.69, 9.17) is 0 Å². The van der Waals surface area contributed by atoms with Crippen molar-refractivity contribution in [3.8, 4) is 22.5 Å². The maximum atomic E-state index is 13.2. The number of nitrogens with zero attached hydrogens (tertiary/aromatic N) is 1. The van der Waals surface area contributed by atoms with Crippen LogP contribution in [0.2, 0.25) is 0 Å². The SMILES string of the molecule is CNC(=O)c1cccc(NC(=O)c2c(C)[nH]c(-c3cccc(-c4c(C)cccc4C)c3)[n+]2[O-])c1. The standard InChI is InChI=1S/C27H26N4O3/c1-16-8-5-9-17(2)23(16)19-10-6-11-20(14-19)25-29-18(3)24(31(25)34)27(33)30-22-13-7-12-21(15-22)26(32)28-4/h5-15,29H,1-4H3,(H,28,32)(H,30,33). The smallest absolute Gasteiger partial charge is 0.300 e. The van der Waals surface area contributed by atoms with Gasteiger partial charge in [-0.1, -0.05) is 36.4 Å². The molecule has 0 aliphatic carbocycles. The summed E-state index contributed by atoms with van der Waals surface area (Å²) in [5, 5.41) is 18.4. The summed E-state index contributed by atoms with van der Waals surface area (Å²) in [6.45, 7) is 5.80. The summed E-state index contributed by atoms with van der Waals surface area (Å²) >= 11 is 0. The molecule has 1 heterocycles. The van der Waals surface area contributed by atoms with Crippen LogP contribution in [0.15, 0.2) is 66.7 Å². The monoisotopic (exact) mass is 454 g/mol. The fourth-order valence-electron chi connectivity index (χ4n) is 4.17. The zero-order chi connectivity index (χ0) is 24.4. The van der Waals surface area contributed by atoms with Gasteiger partial charge >= 0.3 is 0 Å². The molecule has 3 N–H and O–H groups in total. The van der Waals surface area contributed by atoms with Gasteiger partial charge in [-0.05, 0) is 66.4 Å². The minimum atomic E-state index is -0.560. The molecule has 34 heavy (non-hydrogen) atoms. The fraction of sp³-hybridized carbons (Fsp3) is 0.148. The third kappa shape index (κ3) is 4.28. The molecule has 4 rings (SSSR count).